The lowest BCUT2D eigenvalue weighted by atomic mass is 9.89. The monoisotopic (exact) mass is 249 g/mol. The van der Waals surface area contributed by atoms with Gasteiger partial charge in [-0.2, -0.15) is 0 Å². The Morgan fingerprint density at radius 1 is 1.33 bits per heavy atom. The van der Waals surface area contributed by atoms with Crippen LogP contribution in [-0.2, 0) is 10.3 Å². The number of hydrogen-bond acceptors (Lipinski definition) is 2. The lowest BCUT2D eigenvalue weighted by Gasteiger charge is -2.36. The Hall–Kier alpha value is -1.35. The molecule has 0 aliphatic carbocycles. The predicted octanol–water partition coefficient (Wildman–Crippen LogP) is 2.88. The predicted molar refractivity (Wildman–Crippen MR) is 73.6 cm³/mol. The maximum atomic E-state index is 11.7. The fraction of sp³-hybridized carbons (Fsp3) is 0.533. The van der Waals surface area contributed by atoms with Gasteiger partial charge >= 0.3 is 5.97 Å². The Labute approximate surface area is 109 Å². The number of benzene rings is 1. The molecule has 1 aromatic carbocycles. The molecular formula is C15H23NO2. The summed E-state index contributed by atoms with van der Waals surface area (Å²) in [6.07, 6.45) is 0. The van der Waals surface area contributed by atoms with Crippen LogP contribution in [0.5, 0.6) is 0 Å². The molecule has 0 amide bonds. The molecule has 1 aromatic rings. The minimum absolute atomic E-state index is 0.430. The van der Waals surface area contributed by atoms with Gasteiger partial charge in [0.25, 0.3) is 0 Å². The van der Waals surface area contributed by atoms with E-state index in [-0.39, 0.29) is 0 Å². The zero-order valence-corrected chi connectivity index (χ0v) is 11.9. The van der Waals surface area contributed by atoms with Crippen LogP contribution in [0, 0.1) is 12.8 Å². The third-order valence-corrected chi connectivity index (χ3v) is 3.43. The van der Waals surface area contributed by atoms with Crippen LogP contribution in [0.3, 0.4) is 0 Å². The molecule has 18 heavy (non-hydrogen) atoms. The molecule has 100 valence electrons. The largest absolute Gasteiger partial charge is 0.480 e. The molecule has 1 atom stereocenters. The topological polar surface area (TPSA) is 40.5 Å². The normalized spacial score (nSPS) is 14.8. The number of hydrogen-bond donors (Lipinski definition) is 1. The van der Waals surface area contributed by atoms with Gasteiger partial charge in [-0.25, -0.2) is 4.79 Å². The second-order valence-electron chi connectivity index (χ2n) is 5.52. The molecular weight excluding hydrogens is 226 g/mol. The highest BCUT2D eigenvalue weighted by atomic mass is 16.4. The van der Waals surface area contributed by atoms with Crippen molar-refractivity contribution in [3.05, 3.63) is 35.4 Å². The first-order valence-corrected chi connectivity index (χ1v) is 6.30. The Morgan fingerprint density at radius 2 is 1.83 bits per heavy atom. The summed E-state index contributed by atoms with van der Waals surface area (Å²) in [5.74, 6) is -0.381. The summed E-state index contributed by atoms with van der Waals surface area (Å²) in [5.41, 5.74) is 0.986. The van der Waals surface area contributed by atoms with Gasteiger partial charge in [-0.3, -0.25) is 4.90 Å². The lowest BCUT2D eigenvalue weighted by molar-refractivity contribution is -0.150. The van der Waals surface area contributed by atoms with E-state index in [1.54, 1.807) is 6.92 Å². The first-order chi connectivity index (χ1) is 8.28. The van der Waals surface area contributed by atoms with E-state index in [2.05, 4.69) is 13.8 Å². The Bertz CT molecular complexity index is 411. The van der Waals surface area contributed by atoms with E-state index in [0.717, 1.165) is 17.7 Å². The smallest absolute Gasteiger partial charge is 0.328 e. The van der Waals surface area contributed by atoms with Crippen molar-refractivity contribution in [2.75, 3.05) is 13.6 Å². The van der Waals surface area contributed by atoms with E-state index in [9.17, 15) is 9.90 Å². The highest BCUT2D eigenvalue weighted by Crippen LogP contribution is 2.28. The average Bonchev–Trinajstić information content (AvgIpc) is 2.27. The molecule has 0 bridgehead atoms. The summed E-state index contributed by atoms with van der Waals surface area (Å²) >= 11 is 0. The van der Waals surface area contributed by atoms with Crippen molar-refractivity contribution in [1.29, 1.82) is 0 Å². The van der Waals surface area contributed by atoms with E-state index in [4.69, 9.17) is 0 Å². The molecule has 0 heterocycles. The number of carbonyl (C=O) groups is 1. The number of aryl methyl sites for hydroxylation is 1. The standard InChI is InChI=1S/C15H23NO2/c1-11(2)10-16(5)15(4,14(17)18)13-8-6-12(3)7-9-13/h6-9,11H,10H2,1-5H3,(H,17,18). The zero-order valence-electron chi connectivity index (χ0n) is 11.9. The maximum absolute atomic E-state index is 11.7. The second kappa shape index (κ2) is 5.53. The number of rotatable bonds is 5. The molecule has 0 radical (unpaired) electrons. The molecule has 1 rings (SSSR count). The van der Waals surface area contributed by atoms with Crippen molar-refractivity contribution in [3.8, 4) is 0 Å². The van der Waals surface area contributed by atoms with Gasteiger partial charge in [0, 0.05) is 6.54 Å². The van der Waals surface area contributed by atoms with Crippen LogP contribution in [0.4, 0.5) is 0 Å². The van der Waals surface area contributed by atoms with Crippen LogP contribution in [0.2, 0.25) is 0 Å². The number of aliphatic carboxylic acids is 1. The van der Waals surface area contributed by atoms with E-state index in [1.807, 2.05) is 43.1 Å². The van der Waals surface area contributed by atoms with E-state index in [0.29, 0.717) is 5.92 Å². The Morgan fingerprint density at radius 3 is 2.22 bits per heavy atom. The summed E-state index contributed by atoms with van der Waals surface area (Å²) in [7, 11) is 1.87. The minimum atomic E-state index is -0.974. The summed E-state index contributed by atoms with van der Waals surface area (Å²) in [5, 5.41) is 9.60. The van der Waals surface area contributed by atoms with Gasteiger partial charge in [-0.15, -0.1) is 0 Å². The Balaban J connectivity index is 3.14. The summed E-state index contributed by atoms with van der Waals surface area (Å²) in [6, 6.07) is 7.72. The maximum Gasteiger partial charge on any atom is 0.328 e. The molecule has 0 aromatic heterocycles. The van der Waals surface area contributed by atoms with Crippen molar-refractivity contribution in [2.24, 2.45) is 5.92 Å². The van der Waals surface area contributed by atoms with Crippen molar-refractivity contribution in [1.82, 2.24) is 4.90 Å². The van der Waals surface area contributed by atoms with Crippen molar-refractivity contribution in [2.45, 2.75) is 33.2 Å². The van der Waals surface area contributed by atoms with Crippen molar-refractivity contribution < 1.29 is 9.90 Å². The second-order valence-corrected chi connectivity index (χ2v) is 5.52. The SMILES string of the molecule is Cc1ccc(C(C)(C(=O)O)N(C)CC(C)C)cc1. The number of carboxylic acids is 1. The molecule has 0 saturated heterocycles. The molecule has 1 unspecified atom stereocenters. The molecule has 3 heteroatoms. The van der Waals surface area contributed by atoms with Crippen molar-refractivity contribution in [3.63, 3.8) is 0 Å². The van der Waals surface area contributed by atoms with Gasteiger partial charge in [0.15, 0.2) is 0 Å². The minimum Gasteiger partial charge on any atom is -0.480 e. The first-order valence-electron chi connectivity index (χ1n) is 6.30. The van der Waals surface area contributed by atoms with Gasteiger partial charge in [0.05, 0.1) is 0 Å². The van der Waals surface area contributed by atoms with Crippen LogP contribution in [0.1, 0.15) is 31.9 Å². The molecule has 0 spiro atoms. The Kier molecular flexibility index (Phi) is 4.52. The first kappa shape index (κ1) is 14.7. The van der Waals surface area contributed by atoms with Crippen LogP contribution >= 0.6 is 0 Å². The molecule has 0 saturated carbocycles. The third kappa shape index (κ3) is 2.91. The fourth-order valence-corrected chi connectivity index (χ4v) is 2.12. The third-order valence-electron chi connectivity index (χ3n) is 3.43. The van der Waals surface area contributed by atoms with Crippen LogP contribution < -0.4 is 0 Å². The molecule has 0 fully saturated rings. The summed E-state index contributed by atoms with van der Waals surface area (Å²) < 4.78 is 0. The van der Waals surface area contributed by atoms with E-state index < -0.39 is 11.5 Å². The summed E-state index contributed by atoms with van der Waals surface area (Å²) in [4.78, 5) is 13.6. The van der Waals surface area contributed by atoms with E-state index in [1.165, 1.54) is 0 Å². The molecule has 3 nitrogen and oxygen atoms in total. The van der Waals surface area contributed by atoms with Crippen molar-refractivity contribution >= 4 is 5.97 Å². The summed E-state index contributed by atoms with van der Waals surface area (Å²) in [6.45, 7) is 8.70. The fourth-order valence-electron chi connectivity index (χ4n) is 2.12. The molecule has 1 N–H and O–H groups in total. The number of nitrogens with zero attached hydrogens (tertiary/aromatic N) is 1. The number of carboxylic acid groups (broad SMARTS) is 1. The lowest BCUT2D eigenvalue weighted by Crippen LogP contribution is -2.49. The van der Waals surface area contributed by atoms with Crippen LogP contribution in [0.15, 0.2) is 24.3 Å². The van der Waals surface area contributed by atoms with Crippen LogP contribution in [0.25, 0.3) is 0 Å². The van der Waals surface area contributed by atoms with Gasteiger partial charge in [-0.1, -0.05) is 43.7 Å². The van der Waals surface area contributed by atoms with E-state index >= 15 is 0 Å². The zero-order chi connectivity index (χ0) is 13.9. The highest BCUT2D eigenvalue weighted by Gasteiger charge is 2.39. The van der Waals surface area contributed by atoms with Gasteiger partial charge < -0.3 is 5.11 Å². The van der Waals surface area contributed by atoms with Gasteiger partial charge in [-0.05, 0) is 32.4 Å². The average molecular weight is 249 g/mol. The van der Waals surface area contributed by atoms with Gasteiger partial charge in [0.2, 0.25) is 0 Å². The molecule has 0 aliphatic heterocycles. The number of likely N-dealkylation sites (N-methyl/N-ethyl adjacent to an activating group) is 1. The highest BCUT2D eigenvalue weighted by molar-refractivity contribution is 5.80. The molecule has 0 aliphatic rings. The van der Waals surface area contributed by atoms with Gasteiger partial charge in [0.1, 0.15) is 5.54 Å². The van der Waals surface area contributed by atoms with Crippen LogP contribution in [-0.4, -0.2) is 29.6 Å². The quantitative estimate of drug-likeness (QED) is 0.872.